The minimum atomic E-state index is 0.929. The van der Waals surface area contributed by atoms with Gasteiger partial charge in [0.05, 0.1) is 27.6 Å². The molecule has 0 unspecified atom stereocenters. The Balaban J connectivity index is 1.67. The summed E-state index contributed by atoms with van der Waals surface area (Å²) in [5.74, 6) is 0.929. The number of para-hydroxylation sites is 3. The van der Waals surface area contributed by atoms with Gasteiger partial charge in [-0.2, -0.15) is 0 Å². The molecule has 0 aliphatic rings. The van der Waals surface area contributed by atoms with E-state index in [1.54, 1.807) is 0 Å². The van der Waals surface area contributed by atoms with Crippen molar-refractivity contribution in [3.05, 3.63) is 134 Å². The van der Waals surface area contributed by atoms with Crippen molar-refractivity contribution >= 4 is 65.3 Å². The fourth-order valence-corrected chi connectivity index (χ4v) is 6.59. The van der Waals surface area contributed by atoms with Gasteiger partial charge in [0, 0.05) is 50.4 Å². The second-order valence-corrected chi connectivity index (χ2v) is 10.2. The average Bonchev–Trinajstić information content (AvgIpc) is 3.55. The van der Waals surface area contributed by atoms with Crippen LogP contribution in [-0.2, 0) is 0 Å². The van der Waals surface area contributed by atoms with Crippen molar-refractivity contribution in [1.29, 1.82) is 0 Å². The van der Waals surface area contributed by atoms with E-state index in [4.69, 9.17) is 9.97 Å². The summed E-state index contributed by atoms with van der Waals surface area (Å²) in [6.07, 6.45) is 3.83. The van der Waals surface area contributed by atoms with Crippen molar-refractivity contribution in [1.82, 2.24) is 19.1 Å². The van der Waals surface area contributed by atoms with E-state index in [0.29, 0.717) is 0 Å². The van der Waals surface area contributed by atoms with Crippen LogP contribution in [0.4, 0.5) is 0 Å². The Hall–Kier alpha value is -5.48. The number of aromatic nitrogens is 4. The topological polar surface area (TPSA) is 35.6 Å². The van der Waals surface area contributed by atoms with Crippen molar-refractivity contribution in [3.8, 4) is 11.5 Å². The SMILES string of the molecule is c1ccc(-n2c3ccccc3c3c4ncccc4c4c5ccccc5n(-c5nccc6ccccc56)c4c32)cc1. The largest absolute Gasteiger partial charge is 0.307 e. The molecule has 4 aromatic heterocycles. The molecule has 0 spiro atoms. The highest BCUT2D eigenvalue weighted by molar-refractivity contribution is 6.35. The van der Waals surface area contributed by atoms with Crippen molar-refractivity contribution in [2.75, 3.05) is 0 Å². The summed E-state index contributed by atoms with van der Waals surface area (Å²) >= 11 is 0. The van der Waals surface area contributed by atoms with E-state index >= 15 is 0 Å². The molecule has 0 radical (unpaired) electrons. The third kappa shape index (κ3) is 2.74. The highest BCUT2D eigenvalue weighted by Crippen LogP contribution is 2.46. The van der Waals surface area contributed by atoms with E-state index in [1.807, 2.05) is 18.5 Å². The molecule has 4 nitrogen and oxygen atoms in total. The highest BCUT2D eigenvalue weighted by Gasteiger charge is 2.25. The Bertz CT molecular complexity index is 2430. The Labute approximate surface area is 229 Å². The molecule has 9 aromatic rings. The van der Waals surface area contributed by atoms with Crippen LogP contribution in [0, 0.1) is 0 Å². The molecular weight excluding hydrogens is 488 g/mol. The zero-order chi connectivity index (χ0) is 26.2. The zero-order valence-corrected chi connectivity index (χ0v) is 21.5. The van der Waals surface area contributed by atoms with Gasteiger partial charge in [-0.3, -0.25) is 9.55 Å². The van der Waals surface area contributed by atoms with Gasteiger partial charge in [-0.25, -0.2) is 4.98 Å². The lowest BCUT2D eigenvalue weighted by atomic mass is 10.0. The standard InChI is InChI=1S/C36H22N4/c1-2-12-24(13-3-1)39-29-18-8-7-16-27(29)32-33-28(17-10-21-37-33)31-26-15-6-9-19-30(26)40(34(31)35(32)39)36-25-14-5-4-11-23(25)20-22-38-36/h1-22H. The van der Waals surface area contributed by atoms with Crippen molar-refractivity contribution in [3.63, 3.8) is 0 Å². The Morgan fingerprint density at radius 1 is 0.425 bits per heavy atom. The maximum Gasteiger partial charge on any atom is 0.145 e. The number of fused-ring (bicyclic) bond motifs is 11. The Morgan fingerprint density at radius 2 is 1.05 bits per heavy atom. The number of benzene rings is 5. The molecule has 0 saturated heterocycles. The first-order valence-corrected chi connectivity index (χ1v) is 13.5. The zero-order valence-electron chi connectivity index (χ0n) is 21.5. The van der Waals surface area contributed by atoms with E-state index in [0.717, 1.165) is 55.2 Å². The molecule has 4 heterocycles. The summed E-state index contributed by atoms with van der Waals surface area (Å²) in [6.45, 7) is 0. The molecule has 0 N–H and O–H groups in total. The van der Waals surface area contributed by atoms with Gasteiger partial charge in [0.2, 0.25) is 0 Å². The maximum atomic E-state index is 5.03. The number of hydrogen-bond acceptors (Lipinski definition) is 2. The number of nitrogens with zero attached hydrogens (tertiary/aromatic N) is 4. The predicted octanol–water partition coefficient (Wildman–Crippen LogP) is 8.98. The first kappa shape index (κ1) is 21.5. The summed E-state index contributed by atoms with van der Waals surface area (Å²) < 4.78 is 4.78. The average molecular weight is 511 g/mol. The first-order chi connectivity index (χ1) is 19.9. The van der Waals surface area contributed by atoms with Crippen LogP contribution in [-0.4, -0.2) is 19.1 Å². The Kier molecular flexibility index (Phi) is 4.30. The normalized spacial score (nSPS) is 12.0. The van der Waals surface area contributed by atoms with E-state index < -0.39 is 0 Å². The van der Waals surface area contributed by atoms with Crippen LogP contribution in [0.15, 0.2) is 134 Å². The van der Waals surface area contributed by atoms with Gasteiger partial charge in [-0.15, -0.1) is 0 Å². The molecule has 0 bridgehead atoms. The Morgan fingerprint density at radius 3 is 1.88 bits per heavy atom. The van der Waals surface area contributed by atoms with Gasteiger partial charge >= 0.3 is 0 Å². The third-order valence-corrected chi connectivity index (χ3v) is 8.17. The van der Waals surface area contributed by atoms with Gasteiger partial charge in [-0.05, 0) is 41.8 Å². The van der Waals surface area contributed by atoms with Crippen LogP contribution in [0.25, 0.3) is 76.8 Å². The maximum absolute atomic E-state index is 5.03. The van der Waals surface area contributed by atoms with Crippen molar-refractivity contribution in [2.45, 2.75) is 0 Å². The quantitative estimate of drug-likeness (QED) is 0.233. The first-order valence-electron chi connectivity index (χ1n) is 13.5. The summed E-state index contributed by atoms with van der Waals surface area (Å²) in [5, 5.41) is 8.17. The minimum Gasteiger partial charge on any atom is -0.307 e. The smallest absolute Gasteiger partial charge is 0.145 e. The van der Waals surface area contributed by atoms with Crippen LogP contribution in [0.1, 0.15) is 0 Å². The van der Waals surface area contributed by atoms with Gasteiger partial charge in [-0.1, -0.05) is 84.9 Å². The van der Waals surface area contributed by atoms with E-state index in [1.165, 1.54) is 21.5 Å². The lowest BCUT2D eigenvalue weighted by Crippen LogP contribution is -2.01. The fourth-order valence-electron chi connectivity index (χ4n) is 6.59. The van der Waals surface area contributed by atoms with Crippen LogP contribution in [0.2, 0.25) is 0 Å². The van der Waals surface area contributed by atoms with Crippen LogP contribution >= 0.6 is 0 Å². The second-order valence-electron chi connectivity index (χ2n) is 10.2. The fraction of sp³-hybridized carbons (Fsp3) is 0. The number of pyridine rings is 2. The molecule has 186 valence electrons. The van der Waals surface area contributed by atoms with Gasteiger partial charge in [0.1, 0.15) is 5.82 Å². The molecule has 0 aliphatic heterocycles. The van der Waals surface area contributed by atoms with Gasteiger partial charge < -0.3 is 4.57 Å². The van der Waals surface area contributed by atoms with Crippen LogP contribution in [0.5, 0.6) is 0 Å². The summed E-state index contributed by atoms with van der Waals surface area (Å²) in [5.41, 5.74) is 6.70. The highest BCUT2D eigenvalue weighted by atomic mass is 15.1. The van der Waals surface area contributed by atoms with E-state index in [-0.39, 0.29) is 0 Å². The summed E-state index contributed by atoms with van der Waals surface area (Å²) in [7, 11) is 0. The molecule has 9 rings (SSSR count). The lowest BCUT2D eigenvalue weighted by molar-refractivity contribution is 1.09. The monoisotopic (exact) mass is 510 g/mol. The summed E-state index contributed by atoms with van der Waals surface area (Å²) in [4.78, 5) is 10.0. The van der Waals surface area contributed by atoms with Crippen molar-refractivity contribution in [2.24, 2.45) is 0 Å². The molecule has 0 aliphatic carbocycles. The molecular formula is C36H22N4. The predicted molar refractivity (Wildman–Crippen MR) is 166 cm³/mol. The lowest BCUT2D eigenvalue weighted by Gasteiger charge is -2.14. The second kappa shape index (κ2) is 8.01. The van der Waals surface area contributed by atoms with Gasteiger partial charge in [0.25, 0.3) is 0 Å². The molecule has 0 fully saturated rings. The molecule has 0 saturated carbocycles. The van der Waals surface area contributed by atoms with Gasteiger partial charge in [0.15, 0.2) is 0 Å². The van der Waals surface area contributed by atoms with E-state index in [9.17, 15) is 0 Å². The molecule has 40 heavy (non-hydrogen) atoms. The molecule has 0 amide bonds. The van der Waals surface area contributed by atoms with Crippen molar-refractivity contribution < 1.29 is 0 Å². The minimum absolute atomic E-state index is 0.929. The molecule has 4 heteroatoms. The van der Waals surface area contributed by atoms with E-state index in [2.05, 4.69) is 124 Å². The molecule has 5 aromatic carbocycles. The van der Waals surface area contributed by atoms with Crippen LogP contribution < -0.4 is 0 Å². The number of hydrogen-bond donors (Lipinski definition) is 0. The molecule has 0 atom stereocenters. The number of rotatable bonds is 2. The van der Waals surface area contributed by atoms with Crippen LogP contribution in [0.3, 0.4) is 0 Å². The summed E-state index contributed by atoms with van der Waals surface area (Å²) in [6, 6.07) is 42.9. The third-order valence-electron chi connectivity index (χ3n) is 8.17.